The monoisotopic (exact) mass is 822 g/mol. The van der Waals surface area contributed by atoms with Gasteiger partial charge in [0.1, 0.15) is 37.1 Å². The molecule has 15 nitrogen and oxygen atoms in total. The van der Waals surface area contributed by atoms with Gasteiger partial charge in [-0.15, -0.1) is 0 Å². The average molecular weight is 823 g/mol. The summed E-state index contributed by atoms with van der Waals surface area (Å²) in [4.78, 5) is 40.2. The van der Waals surface area contributed by atoms with E-state index in [-0.39, 0.29) is 17.2 Å². The molecule has 0 aliphatic heterocycles. The van der Waals surface area contributed by atoms with Crippen LogP contribution in [0.25, 0.3) is 0 Å². The highest BCUT2D eigenvalue weighted by Gasteiger charge is 2.39. The van der Waals surface area contributed by atoms with Crippen LogP contribution in [0.2, 0.25) is 0 Å². The van der Waals surface area contributed by atoms with E-state index in [1.54, 1.807) is 0 Å². The minimum atomic E-state index is -4.97. The number of aromatic nitrogens is 3. The van der Waals surface area contributed by atoms with Gasteiger partial charge in [0.05, 0.1) is 19.6 Å². The summed E-state index contributed by atoms with van der Waals surface area (Å²) < 4.78 is 136. The van der Waals surface area contributed by atoms with Crippen LogP contribution in [0.3, 0.4) is 0 Å². The van der Waals surface area contributed by atoms with Crippen molar-refractivity contribution in [1.29, 1.82) is 0 Å². The van der Waals surface area contributed by atoms with E-state index in [0.717, 1.165) is 72.8 Å². The predicted octanol–water partition coefficient (Wildman–Crippen LogP) is 4.63. The molecule has 0 spiro atoms. The standard InChI is InChI=1S/C33H27F9N6O9/c34-31(35,36)25(43-52)19-1-7-22(8-2-19)55-16-13-46-28(49)47(14-17-56-23-9-3-20(4-10-23)26(44-53)32(37,38)39)30(51)48(29(46)50)15-18-57-24-11-5-21(6-12-24)27(45-54)33(40,41)42/h1-12,52-54H,13-18H2. The zero-order chi connectivity index (χ0) is 42.1. The Hall–Kier alpha value is -6.75. The lowest BCUT2D eigenvalue weighted by Gasteiger charge is -2.15. The van der Waals surface area contributed by atoms with Gasteiger partial charge in [0.15, 0.2) is 17.1 Å². The molecule has 0 fully saturated rings. The summed E-state index contributed by atoms with van der Waals surface area (Å²) in [6, 6.07) is 12.1. The Balaban J connectivity index is 1.55. The summed E-state index contributed by atoms with van der Waals surface area (Å²) in [7, 11) is 0. The summed E-state index contributed by atoms with van der Waals surface area (Å²) in [5.74, 6) is -0.0862. The molecule has 1 heterocycles. The molecule has 4 rings (SSSR count). The largest absolute Gasteiger partial charge is 0.492 e. The summed E-state index contributed by atoms with van der Waals surface area (Å²) >= 11 is 0. The van der Waals surface area contributed by atoms with Gasteiger partial charge >= 0.3 is 35.6 Å². The number of oxime groups is 3. The molecule has 0 unspecified atom stereocenters. The number of hydrogen-bond donors (Lipinski definition) is 3. The number of rotatable bonds is 15. The molecule has 0 radical (unpaired) electrons. The molecule has 0 amide bonds. The highest BCUT2D eigenvalue weighted by molar-refractivity contribution is 6.05. The van der Waals surface area contributed by atoms with Gasteiger partial charge in [0, 0.05) is 16.7 Å². The van der Waals surface area contributed by atoms with E-state index in [0.29, 0.717) is 13.7 Å². The fourth-order valence-corrected chi connectivity index (χ4v) is 4.98. The van der Waals surface area contributed by atoms with Gasteiger partial charge in [-0.3, -0.25) is 0 Å². The maximum absolute atomic E-state index is 13.4. The second-order valence-electron chi connectivity index (χ2n) is 11.3. The number of alkyl halides is 9. The molecule has 306 valence electrons. The van der Waals surface area contributed by atoms with Crippen LogP contribution >= 0.6 is 0 Å². The van der Waals surface area contributed by atoms with E-state index in [9.17, 15) is 53.9 Å². The topological polar surface area (TPSA) is 191 Å². The van der Waals surface area contributed by atoms with Gasteiger partial charge in [0.25, 0.3) is 0 Å². The third-order valence-corrected chi connectivity index (χ3v) is 7.63. The van der Waals surface area contributed by atoms with E-state index in [1.165, 1.54) is 0 Å². The Kier molecular flexibility index (Phi) is 13.4. The average Bonchev–Trinajstić information content (AvgIpc) is 3.13. The Morgan fingerprint density at radius 1 is 0.439 bits per heavy atom. The number of ether oxygens (including phenoxy) is 3. The molecular weight excluding hydrogens is 795 g/mol. The van der Waals surface area contributed by atoms with Crippen LogP contribution in [0.1, 0.15) is 16.7 Å². The minimum absolute atomic E-state index is 0.0287. The molecule has 3 aromatic carbocycles. The van der Waals surface area contributed by atoms with E-state index in [2.05, 4.69) is 15.5 Å². The third kappa shape index (κ3) is 10.7. The van der Waals surface area contributed by atoms with Gasteiger partial charge in [-0.2, -0.15) is 39.5 Å². The first-order chi connectivity index (χ1) is 26.8. The fourth-order valence-electron chi connectivity index (χ4n) is 4.98. The van der Waals surface area contributed by atoms with Gasteiger partial charge in [-0.1, -0.05) is 15.5 Å². The van der Waals surface area contributed by atoms with Crippen molar-refractivity contribution in [2.45, 2.75) is 38.2 Å². The van der Waals surface area contributed by atoms with E-state index in [1.807, 2.05) is 0 Å². The number of benzene rings is 3. The Labute approximate surface area is 312 Å². The van der Waals surface area contributed by atoms with Gasteiger partial charge in [0.2, 0.25) is 0 Å². The van der Waals surface area contributed by atoms with Crippen LogP contribution in [0, 0.1) is 0 Å². The molecule has 24 heteroatoms. The Bertz CT molecular complexity index is 1990. The highest BCUT2D eigenvalue weighted by Crippen LogP contribution is 2.26. The molecule has 0 aliphatic carbocycles. The summed E-state index contributed by atoms with van der Waals surface area (Å²) in [6.45, 7) is -2.94. The van der Waals surface area contributed by atoms with Gasteiger partial charge in [-0.25, -0.2) is 28.1 Å². The van der Waals surface area contributed by atoms with Crippen LogP contribution in [0.15, 0.2) is 103 Å². The maximum Gasteiger partial charge on any atom is 0.437 e. The normalized spacial score (nSPS) is 13.1. The van der Waals surface area contributed by atoms with Crippen LogP contribution < -0.4 is 31.3 Å². The zero-order valence-corrected chi connectivity index (χ0v) is 28.5. The summed E-state index contributed by atoms with van der Waals surface area (Å²) in [5.41, 5.74) is -9.74. The van der Waals surface area contributed by atoms with E-state index in [4.69, 9.17) is 29.8 Å². The van der Waals surface area contributed by atoms with Crippen molar-refractivity contribution >= 4 is 17.1 Å². The third-order valence-electron chi connectivity index (χ3n) is 7.63. The Morgan fingerprint density at radius 2 is 0.649 bits per heavy atom. The van der Waals surface area contributed by atoms with E-state index >= 15 is 0 Å². The lowest BCUT2D eigenvalue weighted by molar-refractivity contribution is -0.0610. The van der Waals surface area contributed by atoms with Crippen LogP contribution in [0.5, 0.6) is 17.2 Å². The number of nitrogens with zero attached hydrogens (tertiary/aromatic N) is 6. The molecule has 0 saturated heterocycles. The number of hydrogen-bond acceptors (Lipinski definition) is 12. The zero-order valence-electron chi connectivity index (χ0n) is 28.5. The molecule has 0 aliphatic rings. The minimum Gasteiger partial charge on any atom is -0.492 e. The lowest BCUT2D eigenvalue weighted by atomic mass is 10.1. The molecule has 0 saturated carbocycles. The van der Waals surface area contributed by atoms with Crippen molar-refractivity contribution in [2.75, 3.05) is 19.8 Å². The molecule has 0 atom stereocenters. The second kappa shape index (κ2) is 17.8. The molecular formula is C33H27F9N6O9. The van der Waals surface area contributed by atoms with Crippen LogP contribution in [-0.2, 0) is 19.6 Å². The van der Waals surface area contributed by atoms with Crippen molar-refractivity contribution in [3.8, 4) is 17.2 Å². The van der Waals surface area contributed by atoms with Crippen molar-refractivity contribution in [1.82, 2.24) is 13.7 Å². The smallest absolute Gasteiger partial charge is 0.437 e. The van der Waals surface area contributed by atoms with Gasteiger partial charge < -0.3 is 29.8 Å². The SMILES string of the molecule is O=c1n(CCOc2ccc(C(=NO)C(F)(F)F)cc2)c(=O)n(CCOc2ccc(C(=NO)C(F)(F)F)cc2)c(=O)n1CCOc1ccc(C(=NO)C(F)(F)F)cc1. The molecule has 57 heavy (non-hydrogen) atoms. The predicted molar refractivity (Wildman–Crippen MR) is 178 cm³/mol. The van der Waals surface area contributed by atoms with E-state index < -0.39 is 109 Å². The summed E-state index contributed by atoms with van der Waals surface area (Å²) in [6.07, 6.45) is -14.9. The molecule has 4 aromatic rings. The van der Waals surface area contributed by atoms with Crippen molar-refractivity contribution in [3.63, 3.8) is 0 Å². The van der Waals surface area contributed by atoms with Crippen molar-refractivity contribution in [2.24, 2.45) is 15.5 Å². The second-order valence-corrected chi connectivity index (χ2v) is 11.3. The molecule has 3 N–H and O–H groups in total. The quantitative estimate of drug-likeness (QED) is 0.0664. The van der Waals surface area contributed by atoms with Crippen molar-refractivity contribution in [3.05, 3.63) is 121 Å². The summed E-state index contributed by atoms with van der Waals surface area (Å²) in [5, 5.41) is 33.0. The maximum atomic E-state index is 13.4. The lowest BCUT2D eigenvalue weighted by Crippen LogP contribution is -2.55. The highest BCUT2D eigenvalue weighted by atomic mass is 19.4. The fraction of sp³-hybridized carbons (Fsp3) is 0.273. The van der Waals surface area contributed by atoms with Crippen molar-refractivity contribution < 1.29 is 69.3 Å². The first-order valence-electron chi connectivity index (χ1n) is 15.8. The number of halogens is 9. The van der Waals surface area contributed by atoms with Crippen LogP contribution in [0.4, 0.5) is 39.5 Å². The first-order valence-corrected chi connectivity index (χ1v) is 15.8. The Morgan fingerprint density at radius 3 is 0.825 bits per heavy atom. The van der Waals surface area contributed by atoms with Crippen LogP contribution in [-0.4, -0.2) is 84.8 Å². The first kappa shape index (κ1) is 43.0. The van der Waals surface area contributed by atoms with Gasteiger partial charge in [-0.05, 0) is 72.8 Å². The molecule has 0 bridgehead atoms. The molecule has 1 aromatic heterocycles.